The van der Waals surface area contributed by atoms with Crippen LogP contribution in [0.25, 0.3) is 21.5 Å². The van der Waals surface area contributed by atoms with E-state index < -0.39 is 0 Å². The maximum atomic E-state index is 12.2. The summed E-state index contributed by atoms with van der Waals surface area (Å²) in [5, 5.41) is 8.99. The molecular formula is C21H19N3O2S. The van der Waals surface area contributed by atoms with Crippen molar-refractivity contribution in [1.82, 2.24) is 15.6 Å². The van der Waals surface area contributed by atoms with E-state index in [0.29, 0.717) is 13.1 Å². The highest BCUT2D eigenvalue weighted by atomic mass is 32.1. The Hall–Kier alpha value is -3.12. The highest BCUT2D eigenvalue weighted by Crippen LogP contribution is 2.28. The molecule has 0 saturated carbocycles. The van der Waals surface area contributed by atoms with E-state index in [9.17, 15) is 4.79 Å². The first-order valence-corrected chi connectivity index (χ1v) is 9.51. The maximum absolute atomic E-state index is 12.2. The zero-order valence-corrected chi connectivity index (χ0v) is 15.7. The summed E-state index contributed by atoms with van der Waals surface area (Å²) in [5.74, 6) is 0.745. The number of nitrogens with zero attached hydrogens (tertiary/aromatic N) is 1. The van der Waals surface area contributed by atoms with E-state index in [4.69, 9.17) is 4.42 Å². The largest absolute Gasteiger partial charge is 0.462 e. The Kier molecular flexibility index (Phi) is 4.89. The third kappa shape index (κ3) is 3.85. The molecule has 27 heavy (non-hydrogen) atoms. The molecule has 2 N–H and O–H groups in total. The van der Waals surface area contributed by atoms with Crippen LogP contribution in [0.2, 0.25) is 0 Å². The number of fused-ring (bicyclic) bond motifs is 1. The number of carbonyl (C=O) groups excluding carboxylic acids is 1. The number of aryl methyl sites for hydroxylation is 1. The van der Waals surface area contributed by atoms with Gasteiger partial charge in [-0.05, 0) is 35.4 Å². The summed E-state index contributed by atoms with van der Waals surface area (Å²) in [4.78, 5) is 17.7. The molecule has 0 saturated heterocycles. The Morgan fingerprint density at radius 2 is 1.85 bits per heavy atom. The number of rotatable bonds is 5. The summed E-state index contributed by atoms with van der Waals surface area (Å²) in [6, 6.07) is 17.8. The van der Waals surface area contributed by atoms with E-state index in [1.54, 1.807) is 6.26 Å². The van der Waals surface area contributed by atoms with Crippen molar-refractivity contribution in [3.05, 3.63) is 77.0 Å². The van der Waals surface area contributed by atoms with Crippen LogP contribution >= 0.6 is 11.3 Å². The van der Waals surface area contributed by atoms with Crippen molar-refractivity contribution in [3.63, 3.8) is 0 Å². The molecule has 0 unspecified atom stereocenters. The van der Waals surface area contributed by atoms with Crippen LogP contribution in [-0.2, 0) is 13.1 Å². The average Bonchev–Trinajstić information content (AvgIpc) is 3.34. The predicted octanol–water partition coefficient (Wildman–Crippen LogP) is 4.86. The van der Waals surface area contributed by atoms with Gasteiger partial charge < -0.3 is 15.1 Å². The molecule has 0 bridgehead atoms. The molecule has 2 aromatic carbocycles. The second-order valence-corrected chi connectivity index (χ2v) is 7.26. The van der Waals surface area contributed by atoms with Gasteiger partial charge in [0.25, 0.3) is 0 Å². The molecule has 0 radical (unpaired) electrons. The van der Waals surface area contributed by atoms with E-state index in [1.165, 1.54) is 16.7 Å². The number of aromatic nitrogens is 1. The van der Waals surface area contributed by atoms with E-state index in [1.807, 2.05) is 43.3 Å². The number of hydrogen-bond acceptors (Lipinski definition) is 4. The van der Waals surface area contributed by atoms with Gasteiger partial charge in [-0.25, -0.2) is 9.78 Å². The quantitative estimate of drug-likeness (QED) is 0.522. The van der Waals surface area contributed by atoms with Crippen LogP contribution in [0.5, 0.6) is 0 Å². The van der Waals surface area contributed by atoms with Gasteiger partial charge in [0.2, 0.25) is 0 Å². The summed E-state index contributed by atoms with van der Waals surface area (Å²) >= 11 is 1.53. The molecule has 2 amide bonds. The van der Waals surface area contributed by atoms with Gasteiger partial charge in [0.05, 0.1) is 18.5 Å². The van der Waals surface area contributed by atoms with Crippen molar-refractivity contribution < 1.29 is 9.21 Å². The third-order valence-electron chi connectivity index (χ3n) is 4.35. The van der Waals surface area contributed by atoms with E-state index >= 15 is 0 Å². The van der Waals surface area contributed by atoms with Crippen LogP contribution in [0.3, 0.4) is 0 Å². The summed E-state index contributed by atoms with van der Waals surface area (Å²) in [7, 11) is 0. The number of carbonyl (C=O) groups is 1. The first-order chi connectivity index (χ1) is 13.2. The molecule has 0 aliphatic rings. The van der Waals surface area contributed by atoms with Gasteiger partial charge in [-0.1, -0.05) is 42.5 Å². The molecule has 0 spiro atoms. The minimum atomic E-state index is -0.199. The highest BCUT2D eigenvalue weighted by molar-refractivity contribution is 7.15. The molecule has 0 fully saturated rings. The Labute approximate surface area is 161 Å². The first-order valence-electron chi connectivity index (χ1n) is 8.69. The molecule has 136 valence electrons. The van der Waals surface area contributed by atoms with Crippen molar-refractivity contribution in [2.45, 2.75) is 20.0 Å². The van der Waals surface area contributed by atoms with Crippen LogP contribution < -0.4 is 10.6 Å². The number of nitrogens with one attached hydrogen (secondary N) is 2. The fraction of sp³-hybridized carbons (Fsp3) is 0.143. The SMILES string of the molecule is Cc1nc(-c2ccco2)sc1CNC(=O)NCc1cccc2ccccc12. The van der Waals surface area contributed by atoms with E-state index in [2.05, 4.69) is 33.8 Å². The van der Waals surface area contributed by atoms with Crippen molar-refractivity contribution in [3.8, 4) is 10.8 Å². The lowest BCUT2D eigenvalue weighted by molar-refractivity contribution is 0.240. The van der Waals surface area contributed by atoms with Crippen LogP contribution in [-0.4, -0.2) is 11.0 Å². The molecule has 5 nitrogen and oxygen atoms in total. The maximum Gasteiger partial charge on any atom is 0.315 e. The Morgan fingerprint density at radius 1 is 1.04 bits per heavy atom. The molecule has 0 aliphatic carbocycles. The summed E-state index contributed by atoms with van der Waals surface area (Å²) < 4.78 is 5.38. The summed E-state index contributed by atoms with van der Waals surface area (Å²) in [6.45, 7) is 2.85. The Balaban J connectivity index is 1.36. The van der Waals surface area contributed by atoms with Crippen molar-refractivity contribution in [2.75, 3.05) is 0 Å². The summed E-state index contributed by atoms with van der Waals surface area (Å²) in [6.07, 6.45) is 1.63. The molecular weight excluding hydrogens is 358 g/mol. The molecule has 0 aliphatic heterocycles. The smallest absolute Gasteiger partial charge is 0.315 e. The lowest BCUT2D eigenvalue weighted by Crippen LogP contribution is -2.34. The van der Waals surface area contributed by atoms with Crippen LogP contribution in [0.1, 0.15) is 16.1 Å². The molecule has 0 atom stereocenters. The summed E-state index contributed by atoms with van der Waals surface area (Å²) in [5.41, 5.74) is 2.00. The molecule has 2 aromatic heterocycles. The van der Waals surface area contributed by atoms with Gasteiger partial charge in [0.1, 0.15) is 0 Å². The van der Waals surface area contributed by atoms with Gasteiger partial charge in [-0.2, -0.15) is 0 Å². The van der Waals surface area contributed by atoms with Crippen molar-refractivity contribution in [2.24, 2.45) is 0 Å². The Bertz CT molecular complexity index is 1060. The van der Waals surface area contributed by atoms with Gasteiger partial charge in [-0.3, -0.25) is 0 Å². The lowest BCUT2D eigenvalue weighted by Gasteiger charge is -2.09. The monoisotopic (exact) mass is 377 g/mol. The van der Waals surface area contributed by atoms with E-state index in [-0.39, 0.29) is 6.03 Å². The van der Waals surface area contributed by atoms with Crippen LogP contribution in [0, 0.1) is 6.92 Å². The second-order valence-electron chi connectivity index (χ2n) is 6.18. The van der Waals surface area contributed by atoms with Crippen molar-refractivity contribution >= 4 is 28.1 Å². The molecule has 6 heteroatoms. The van der Waals surface area contributed by atoms with Gasteiger partial charge in [0.15, 0.2) is 10.8 Å². The molecule has 2 heterocycles. The predicted molar refractivity (Wildman–Crippen MR) is 108 cm³/mol. The molecule has 4 aromatic rings. The average molecular weight is 377 g/mol. The van der Waals surface area contributed by atoms with E-state index in [0.717, 1.165) is 32.3 Å². The number of hydrogen-bond donors (Lipinski definition) is 2. The zero-order valence-electron chi connectivity index (χ0n) is 14.9. The van der Waals surface area contributed by atoms with Gasteiger partial charge >= 0.3 is 6.03 Å². The fourth-order valence-electron chi connectivity index (χ4n) is 2.94. The number of furan rings is 1. The minimum Gasteiger partial charge on any atom is -0.462 e. The standard InChI is InChI=1S/C21H19N3O2S/c1-14-19(27-20(24-14)18-10-5-11-26-18)13-23-21(25)22-12-16-8-4-7-15-6-2-3-9-17(15)16/h2-11H,12-13H2,1H3,(H2,22,23,25). The van der Waals surface area contributed by atoms with Gasteiger partial charge in [0, 0.05) is 11.4 Å². The van der Waals surface area contributed by atoms with Crippen molar-refractivity contribution in [1.29, 1.82) is 0 Å². The number of benzene rings is 2. The van der Waals surface area contributed by atoms with Crippen LogP contribution in [0.4, 0.5) is 4.79 Å². The normalized spacial score (nSPS) is 10.9. The fourth-order valence-corrected chi connectivity index (χ4v) is 3.91. The highest BCUT2D eigenvalue weighted by Gasteiger charge is 2.12. The van der Waals surface area contributed by atoms with Crippen LogP contribution in [0.15, 0.2) is 65.3 Å². The number of thiazole rings is 1. The number of urea groups is 1. The zero-order chi connectivity index (χ0) is 18.6. The number of amides is 2. The first kappa shape index (κ1) is 17.3. The minimum absolute atomic E-state index is 0.199. The third-order valence-corrected chi connectivity index (χ3v) is 5.53. The lowest BCUT2D eigenvalue weighted by atomic mass is 10.0. The molecule has 4 rings (SSSR count). The second kappa shape index (κ2) is 7.63. The Morgan fingerprint density at radius 3 is 2.70 bits per heavy atom. The van der Waals surface area contributed by atoms with Gasteiger partial charge in [-0.15, -0.1) is 11.3 Å². The topological polar surface area (TPSA) is 67.2 Å².